The molecule has 0 aliphatic carbocycles. The fourth-order valence-corrected chi connectivity index (χ4v) is 2.68. The van der Waals surface area contributed by atoms with Gasteiger partial charge in [0.1, 0.15) is 11.5 Å². The van der Waals surface area contributed by atoms with Crippen LogP contribution in [-0.2, 0) is 6.42 Å². The molecule has 19 heavy (non-hydrogen) atoms. The fraction of sp³-hybridized carbons (Fsp3) is 0.250. The number of ether oxygens (including phenoxy) is 1. The van der Waals surface area contributed by atoms with Crippen molar-refractivity contribution >= 4 is 11.6 Å². The number of fused-ring (bicyclic) bond motifs is 1. The van der Waals surface area contributed by atoms with Gasteiger partial charge < -0.3 is 9.84 Å². The summed E-state index contributed by atoms with van der Waals surface area (Å²) in [7, 11) is 0. The summed E-state index contributed by atoms with van der Waals surface area (Å²) in [6.07, 6.45) is 0.929. The van der Waals surface area contributed by atoms with Crippen molar-refractivity contribution in [1.82, 2.24) is 0 Å². The second-order valence-corrected chi connectivity index (χ2v) is 5.40. The zero-order valence-corrected chi connectivity index (χ0v) is 11.4. The van der Waals surface area contributed by atoms with Crippen molar-refractivity contribution in [3.8, 4) is 11.5 Å². The molecule has 0 bridgehead atoms. The van der Waals surface area contributed by atoms with Crippen LogP contribution in [0.3, 0.4) is 0 Å². The largest absolute Gasteiger partial charge is 0.508 e. The Morgan fingerprint density at radius 1 is 1.16 bits per heavy atom. The third kappa shape index (κ3) is 2.28. The van der Waals surface area contributed by atoms with E-state index in [1.54, 1.807) is 6.07 Å². The predicted octanol–water partition coefficient (Wildman–Crippen LogP) is 4.07. The van der Waals surface area contributed by atoms with Crippen molar-refractivity contribution in [2.75, 3.05) is 6.61 Å². The summed E-state index contributed by atoms with van der Waals surface area (Å²) in [5.41, 5.74) is 3.22. The van der Waals surface area contributed by atoms with Crippen molar-refractivity contribution < 1.29 is 9.84 Å². The van der Waals surface area contributed by atoms with Crippen LogP contribution in [0.4, 0.5) is 0 Å². The molecule has 3 heteroatoms. The maximum absolute atomic E-state index is 9.69. The van der Waals surface area contributed by atoms with Gasteiger partial charge in [-0.2, -0.15) is 0 Å². The van der Waals surface area contributed by atoms with Gasteiger partial charge in [0.15, 0.2) is 0 Å². The minimum absolute atomic E-state index is 0.295. The molecule has 0 saturated carbocycles. The highest BCUT2D eigenvalue weighted by atomic mass is 35.5. The zero-order chi connectivity index (χ0) is 13.4. The van der Waals surface area contributed by atoms with Gasteiger partial charge in [0.25, 0.3) is 0 Å². The molecule has 98 valence electrons. The topological polar surface area (TPSA) is 29.5 Å². The molecule has 1 aliphatic heterocycles. The summed E-state index contributed by atoms with van der Waals surface area (Å²) in [6.45, 7) is 2.52. The third-order valence-electron chi connectivity index (χ3n) is 3.70. The highest BCUT2D eigenvalue weighted by Crippen LogP contribution is 2.38. The van der Waals surface area contributed by atoms with E-state index < -0.39 is 0 Å². The summed E-state index contributed by atoms with van der Waals surface area (Å²) in [5, 5.41) is 10.4. The molecule has 0 aromatic heterocycles. The average Bonchev–Trinajstić information content (AvgIpc) is 2.43. The minimum Gasteiger partial charge on any atom is -0.508 e. The van der Waals surface area contributed by atoms with E-state index in [-0.39, 0.29) is 0 Å². The van der Waals surface area contributed by atoms with Gasteiger partial charge in [0, 0.05) is 16.5 Å². The van der Waals surface area contributed by atoms with Crippen molar-refractivity contribution in [1.29, 1.82) is 0 Å². The first-order valence-electron chi connectivity index (χ1n) is 6.35. The third-order valence-corrected chi connectivity index (χ3v) is 3.95. The van der Waals surface area contributed by atoms with Gasteiger partial charge in [0.2, 0.25) is 0 Å². The smallest absolute Gasteiger partial charge is 0.129 e. The number of phenolic OH excluding ortho intramolecular Hbond substituents is 1. The van der Waals surface area contributed by atoms with E-state index in [9.17, 15) is 5.11 Å². The summed E-state index contributed by atoms with van der Waals surface area (Å²) in [4.78, 5) is 0. The lowest BCUT2D eigenvalue weighted by atomic mass is 9.89. The van der Waals surface area contributed by atoms with Gasteiger partial charge in [-0.05, 0) is 42.7 Å². The van der Waals surface area contributed by atoms with Gasteiger partial charge in [-0.1, -0.05) is 29.8 Å². The number of benzene rings is 2. The molecule has 2 aromatic rings. The van der Waals surface area contributed by atoms with Crippen LogP contribution >= 0.6 is 11.6 Å². The van der Waals surface area contributed by atoms with E-state index in [2.05, 4.69) is 12.1 Å². The molecule has 2 nitrogen and oxygen atoms in total. The van der Waals surface area contributed by atoms with Gasteiger partial charge in [0.05, 0.1) is 6.61 Å². The Kier molecular flexibility index (Phi) is 3.11. The first-order chi connectivity index (χ1) is 9.15. The highest BCUT2D eigenvalue weighted by Gasteiger charge is 2.23. The molecule has 1 atom stereocenters. The van der Waals surface area contributed by atoms with Crippen LogP contribution in [0.5, 0.6) is 11.5 Å². The lowest BCUT2D eigenvalue weighted by Crippen LogP contribution is -2.19. The molecular weight excluding hydrogens is 260 g/mol. The Balaban J connectivity index is 1.90. The van der Waals surface area contributed by atoms with E-state index >= 15 is 0 Å². The summed E-state index contributed by atoms with van der Waals surface area (Å²) < 4.78 is 5.84. The van der Waals surface area contributed by atoms with E-state index in [0.717, 1.165) is 28.3 Å². The van der Waals surface area contributed by atoms with Crippen LogP contribution in [0, 0.1) is 6.92 Å². The molecule has 0 unspecified atom stereocenters. The molecule has 0 spiro atoms. The second-order valence-electron chi connectivity index (χ2n) is 4.96. The SMILES string of the molecule is Cc1c(O)ccc2c1OC[C@@H](c1ccc(Cl)cc1)C2. The van der Waals surface area contributed by atoms with Crippen LogP contribution in [0.2, 0.25) is 5.02 Å². The average molecular weight is 275 g/mol. The quantitative estimate of drug-likeness (QED) is 0.849. The molecule has 0 saturated heterocycles. The van der Waals surface area contributed by atoms with Gasteiger partial charge in [-0.15, -0.1) is 0 Å². The fourth-order valence-electron chi connectivity index (χ4n) is 2.56. The van der Waals surface area contributed by atoms with Crippen molar-refractivity contribution in [3.05, 3.63) is 58.1 Å². The van der Waals surface area contributed by atoms with E-state index in [1.807, 2.05) is 25.1 Å². The molecule has 3 rings (SSSR count). The maximum Gasteiger partial charge on any atom is 0.129 e. The Hall–Kier alpha value is -1.67. The van der Waals surface area contributed by atoms with Crippen LogP contribution in [0.25, 0.3) is 0 Å². The molecule has 0 fully saturated rings. The monoisotopic (exact) mass is 274 g/mol. The van der Waals surface area contributed by atoms with E-state index in [0.29, 0.717) is 18.3 Å². The Bertz CT molecular complexity index is 605. The first-order valence-corrected chi connectivity index (χ1v) is 6.72. The lowest BCUT2D eigenvalue weighted by Gasteiger charge is -2.27. The van der Waals surface area contributed by atoms with Crippen LogP contribution in [-0.4, -0.2) is 11.7 Å². The highest BCUT2D eigenvalue weighted by molar-refractivity contribution is 6.30. The standard InChI is InChI=1S/C16H15ClO2/c1-10-15(18)7-4-12-8-13(9-19-16(10)12)11-2-5-14(17)6-3-11/h2-7,13,18H,8-9H2,1H3/t13-/m0/s1. The Morgan fingerprint density at radius 3 is 2.63 bits per heavy atom. The molecular formula is C16H15ClO2. The molecule has 0 radical (unpaired) electrons. The molecule has 1 N–H and O–H groups in total. The number of hydrogen-bond acceptors (Lipinski definition) is 2. The second kappa shape index (κ2) is 4.78. The zero-order valence-electron chi connectivity index (χ0n) is 10.7. The number of halogens is 1. The number of aromatic hydroxyl groups is 1. The molecule has 1 heterocycles. The Labute approximate surface area is 117 Å². The number of rotatable bonds is 1. The predicted molar refractivity (Wildman–Crippen MR) is 76.2 cm³/mol. The van der Waals surface area contributed by atoms with Crippen molar-refractivity contribution in [2.45, 2.75) is 19.3 Å². The van der Waals surface area contributed by atoms with Crippen LogP contribution < -0.4 is 4.74 Å². The maximum atomic E-state index is 9.69. The van der Waals surface area contributed by atoms with Gasteiger partial charge in [-0.25, -0.2) is 0 Å². The summed E-state index contributed by atoms with van der Waals surface area (Å²) >= 11 is 5.91. The van der Waals surface area contributed by atoms with Crippen molar-refractivity contribution in [2.24, 2.45) is 0 Å². The Morgan fingerprint density at radius 2 is 1.89 bits per heavy atom. The van der Waals surface area contributed by atoms with E-state index in [1.165, 1.54) is 5.56 Å². The van der Waals surface area contributed by atoms with Crippen LogP contribution in [0.1, 0.15) is 22.6 Å². The first kappa shape index (κ1) is 12.4. The molecule has 0 amide bonds. The summed E-state index contributed by atoms with van der Waals surface area (Å²) in [6, 6.07) is 11.6. The number of hydrogen-bond donors (Lipinski definition) is 1. The van der Waals surface area contributed by atoms with Gasteiger partial charge in [-0.3, -0.25) is 0 Å². The number of phenols is 1. The van der Waals surface area contributed by atoms with Crippen molar-refractivity contribution in [3.63, 3.8) is 0 Å². The van der Waals surface area contributed by atoms with Gasteiger partial charge >= 0.3 is 0 Å². The molecule has 2 aromatic carbocycles. The summed E-state index contributed by atoms with van der Waals surface area (Å²) in [5.74, 6) is 1.47. The van der Waals surface area contributed by atoms with E-state index in [4.69, 9.17) is 16.3 Å². The minimum atomic E-state index is 0.295. The lowest BCUT2D eigenvalue weighted by molar-refractivity contribution is 0.259. The molecule has 1 aliphatic rings. The normalized spacial score (nSPS) is 17.7. The van der Waals surface area contributed by atoms with Crippen LogP contribution in [0.15, 0.2) is 36.4 Å².